The molecule has 0 amide bonds. The van der Waals surface area contributed by atoms with E-state index in [0.717, 1.165) is 38.0 Å². The molecule has 1 nitrogen and oxygen atoms in total. The summed E-state index contributed by atoms with van der Waals surface area (Å²) >= 11 is 0. The first-order valence-corrected chi connectivity index (χ1v) is 6.64. The number of aryl methyl sites for hydroxylation is 1. The van der Waals surface area contributed by atoms with E-state index in [-0.39, 0.29) is 5.82 Å². The van der Waals surface area contributed by atoms with Gasteiger partial charge in [0.05, 0.1) is 6.54 Å². The van der Waals surface area contributed by atoms with Gasteiger partial charge >= 0.3 is 0 Å². The van der Waals surface area contributed by atoms with Crippen molar-refractivity contribution in [3.63, 3.8) is 0 Å². The molecule has 0 N–H and O–H groups in total. The lowest BCUT2D eigenvalue weighted by Crippen LogP contribution is -2.25. The minimum atomic E-state index is -0.167. The lowest BCUT2D eigenvalue weighted by atomic mass is 10.1. The number of hydrogen-bond donors (Lipinski definition) is 0. The lowest BCUT2D eigenvalue weighted by Gasteiger charge is -2.17. The van der Waals surface area contributed by atoms with E-state index in [0.29, 0.717) is 5.56 Å². The Bertz CT molecular complexity index is 422. The Kier molecular flexibility index (Phi) is 6.46. The highest BCUT2D eigenvalue weighted by Gasteiger charge is 1.99. The van der Waals surface area contributed by atoms with Crippen LogP contribution in [0.5, 0.6) is 0 Å². The summed E-state index contributed by atoms with van der Waals surface area (Å²) in [6.45, 7) is 9.09. The third-order valence-corrected chi connectivity index (χ3v) is 2.77. The van der Waals surface area contributed by atoms with Gasteiger partial charge < -0.3 is 0 Å². The van der Waals surface area contributed by atoms with E-state index in [1.807, 2.05) is 0 Å². The van der Waals surface area contributed by atoms with Gasteiger partial charge in [-0.2, -0.15) is 0 Å². The maximum atomic E-state index is 13.1. The fourth-order valence-electron chi connectivity index (χ4n) is 1.88. The topological polar surface area (TPSA) is 3.24 Å². The van der Waals surface area contributed by atoms with Gasteiger partial charge in [-0.25, -0.2) is 4.39 Å². The van der Waals surface area contributed by atoms with Crippen molar-refractivity contribution in [3.8, 4) is 11.8 Å². The predicted octanol–water partition coefficient (Wildman–Crippen LogP) is 3.61. The summed E-state index contributed by atoms with van der Waals surface area (Å²) in [7, 11) is 0. The van der Waals surface area contributed by atoms with Crippen LogP contribution in [0.15, 0.2) is 18.2 Å². The average molecular weight is 247 g/mol. The fraction of sp³-hybridized carbons (Fsp3) is 0.500. The second-order valence-corrected chi connectivity index (χ2v) is 4.54. The molecule has 0 aliphatic heterocycles. The smallest absolute Gasteiger partial charge is 0.126 e. The molecular weight excluding hydrogens is 225 g/mol. The van der Waals surface area contributed by atoms with Gasteiger partial charge in [-0.05, 0) is 56.6 Å². The first kappa shape index (κ1) is 14.7. The Hall–Kier alpha value is -1.33. The quantitative estimate of drug-likeness (QED) is 0.718. The lowest BCUT2D eigenvalue weighted by molar-refractivity contribution is 0.308. The molecule has 0 atom stereocenters. The van der Waals surface area contributed by atoms with Gasteiger partial charge in [-0.1, -0.05) is 25.7 Å². The van der Waals surface area contributed by atoms with E-state index in [2.05, 4.69) is 30.6 Å². The molecule has 1 rings (SSSR count). The third-order valence-electron chi connectivity index (χ3n) is 2.77. The molecule has 0 aromatic heterocycles. The van der Waals surface area contributed by atoms with Crippen LogP contribution in [-0.4, -0.2) is 24.5 Å². The van der Waals surface area contributed by atoms with E-state index in [9.17, 15) is 4.39 Å². The highest BCUT2D eigenvalue weighted by molar-refractivity contribution is 5.37. The van der Waals surface area contributed by atoms with Crippen molar-refractivity contribution in [2.75, 3.05) is 19.6 Å². The van der Waals surface area contributed by atoms with E-state index < -0.39 is 0 Å². The minimum absolute atomic E-state index is 0.167. The Morgan fingerprint density at radius 1 is 1.17 bits per heavy atom. The summed E-state index contributed by atoms with van der Waals surface area (Å²) in [5.41, 5.74) is 1.54. The van der Waals surface area contributed by atoms with Crippen LogP contribution in [0.4, 0.5) is 4.39 Å². The van der Waals surface area contributed by atoms with Gasteiger partial charge in [0.1, 0.15) is 5.82 Å². The number of hydrogen-bond acceptors (Lipinski definition) is 1. The van der Waals surface area contributed by atoms with Crippen molar-refractivity contribution < 1.29 is 4.39 Å². The second-order valence-electron chi connectivity index (χ2n) is 4.54. The van der Waals surface area contributed by atoms with Gasteiger partial charge in [-0.15, -0.1) is 0 Å². The van der Waals surface area contributed by atoms with E-state index in [1.54, 1.807) is 19.1 Å². The molecule has 0 heterocycles. The summed E-state index contributed by atoms with van der Waals surface area (Å²) in [6.07, 6.45) is 2.30. The first-order valence-electron chi connectivity index (χ1n) is 6.64. The number of nitrogens with zero attached hydrogens (tertiary/aromatic N) is 1. The van der Waals surface area contributed by atoms with E-state index >= 15 is 0 Å². The SMILES string of the molecule is CCCN(CC#Cc1ccc(F)c(C)c1)CCC. The van der Waals surface area contributed by atoms with Crippen LogP contribution in [-0.2, 0) is 0 Å². The number of benzene rings is 1. The van der Waals surface area contributed by atoms with Gasteiger partial charge in [0.15, 0.2) is 0 Å². The Morgan fingerprint density at radius 2 is 1.83 bits per heavy atom. The molecule has 0 unspecified atom stereocenters. The number of halogens is 1. The van der Waals surface area contributed by atoms with Crippen LogP contribution >= 0.6 is 0 Å². The zero-order valence-corrected chi connectivity index (χ0v) is 11.6. The van der Waals surface area contributed by atoms with Crippen molar-refractivity contribution in [3.05, 3.63) is 35.1 Å². The number of rotatable bonds is 5. The highest BCUT2D eigenvalue weighted by Crippen LogP contribution is 2.07. The zero-order chi connectivity index (χ0) is 13.4. The molecule has 1 aromatic rings. The van der Waals surface area contributed by atoms with E-state index in [4.69, 9.17) is 0 Å². The third kappa shape index (κ3) is 4.89. The molecule has 0 saturated carbocycles. The normalized spacial score (nSPS) is 10.3. The van der Waals surface area contributed by atoms with Crippen LogP contribution in [0.2, 0.25) is 0 Å². The second kappa shape index (κ2) is 7.89. The van der Waals surface area contributed by atoms with Crippen LogP contribution in [0.25, 0.3) is 0 Å². The molecule has 2 heteroatoms. The molecule has 98 valence electrons. The summed E-state index contributed by atoms with van der Waals surface area (Å²) in [4.78, 5) is 2.35. The minimum Gasteiger partial charge on any atom is -0.292 e. The van der Waals surface area contributed by atoms with Crippen LogP contribution < -0.4 is 0 Å². The molecule has 0 aliphatic carbocycles. The van der Waals surface area contributed by atoms with Crippen molar-refractivity contribution in [2.24, 2.45) is 0 Å². The maximum absolute atomic E-state index is 13.1. The van der Waals surface area contributed by atoms with Gasteiger partial charge in [0.2, 0.25) is 0 Å². The van der Waals surface area contributed by atoms with E-state index in [1.165, 1.54) is 6.07 Å². The molecule has 0 bridgehead atoms. The van der Waals surface area contributed by atoms with Crippen LogP contribution in [0.3, 0.4) is 0 Å². The molecule has 0 saturated heterocycles. The monoisotopic (exact) mass is 247 g/mol. The van der Waals surface area contributed by atoms with Crippen molar-refractivity contribution >= 4 is 0 Å². The van der Waals surface area contributed by atoms with Crippen LogP contribution in [0, 0.1) is 24.6 Å². The fourth-order valence-corrected chi connectivity index (χ4v) is 1.88. The Labute approximate surface area is 110 Å². The predicted molar refractivity (Wildman–Crippen MR) is 75.0 cm³/mol. The summed E-state index contributed by atoms with van der Waals surface area (Å²) in [5, 5.41) is 0. The molecule has 0 radical (unpaired) electrons. The summed E-state index contributed by atoms with van der Waals surface area (Å²) < 4.78 is 13.1. The van der Waals surface area contributed by atoms with Gasteiger partial charge in [0, 0.05) is 5.56 Å². The molecular formula is C16H22FN. The largest absolute Gasteiger partial charge is 0.292 e. The Morgan fingerprint density at radius 3 is 2.39 bits per heavy atom. The summed E-state index contributed by atoms with van der Waals surface area (Å²) in [5.74, 6) is 6.11. The van der Waals surface area contributed by atoms with Gasteiger partial charge in [-0.3, -0.25) is 4.90 Å². The molecule has 0 aliphatic rings. The standard InChI is InChI=1S/C16H22FN/c1-4-10-18(11-5-2)12-6-7-15-8-9-16(17)14(3)13-15/h8-9,13H,4-5,10-12H2,1-3H3. The zero-order valence-electron chi connectivity index (χ0n) is 11.6. The molecule has 0 spiro atoms. The van der Waals surface area contributed by atoms with Crippen molar-refractivity contribution in [1.82, 2.24) is 4.90 Å². The van der Waals surface area contributed by atoms with Crippen molar-refractivity contribution in [2.45, 2.75) is 33.6 Å². The molecule has 18 heavy (non-hydrogen) atoms. The van der Waals surface area contributed by atoms with Gasteiger partial charge in [0.25, 0.3) is 0 Å². The Balaban J connectivity index is 2.60. The average Bonchev–Trinajstić information content (AvgIpc) is 2.34. The summed E-state index contributed by atoms with van der Waals surface area (Å²) in [6, 6.07) is 5.01. The first-order chi connectivity index (χ1) is 8.67. The molecule has 1 aromatic carbocycles. The molecule has 0 fully saturated rings. The highest BCUT2D eigenvalue weighted by atomic mass is 19.1. The maximum Gasteiger partial charge on any atom is 0.126 e. The van der Waals surface area contributed by atoms with Crippen molar-refractivity contribution in [1.29, 1.82) is 0 Å². The van der Waals surface area contributed by atoms with Crippen LogP contribution in [0.1, 0.15) is 37.8 Å².